The summed E-state index contributed by atoms with van der Waals surface area (Å²) in [7, 11) is 2.84. The summed E-state index contributed by atoms with van der Waals surface area (Å²) in [4.78, 5) is 31.6. The number of fused-ring (bicyclic) bond motifs is 1. The number of pyridine rings is 1. The molecule has 2 N–H and O–H groups in total. The fraction of sp³-hybridized carbons (Fsp3) is 0.318. The van der Waals surface area contributed by atoms with E-state index in [1.54, 1.807) is 18.2 Å². The number of esters is 1. The van der Waals surface area contributed by atoms with Gasteiger partial charge in [-0.15, -0.1) is 0 Å². The largest absolute Gasteiger partial charge is 0.465 e. The second-order valence-corrected chi connectivity index (χ2v) is 10.4. The Hall–Kier alpha value is -1.89. The van der Waals surface area contributed by atoms with Crippen molar-refractivity contribution in [2.24, 2.45) is 0 Å². The lowest BCUT2D eigenvalue weighted by atomic mass is 10.0. The maximum absolute atomic E-state index is 12.9. The second kappa shape index (κ2) is 11.2. The van der Waals surface area contributed by atoms with Gasteiger partial charge < -0.3 is 20.3 Å². The summed E-state index contributed by atoms with van der Waals surface area (Å²) < 4.78 is 6.90. The maximum Gasteiger partial charge on any atom is 0.341 e. The van der Waals surface area contributed by atoms with Gasteiger partial charge in [0.2, 0.25) is 5.91 Å². The first-order valence-electron chi connectivity index (χ1n) is 10.5. The number of nitrogens with one attached hydrogen (secondary N) is 2. The summed E-state index contributed by atoms with van der Waals surface area (Å²) in [6, 6.07) is 6.99. The number of hydrogen-bond donors (Lipinski definition) is 2. The van der Waals surface area contributed by atoms with Crippen LogP contribution < -0.4 is 10.6 Å². The molecule has 1 aliphatic heterocycles. The molecule has 3 aromatic rings. The van der Waals surface area contributed by atoms with Crippen molar-refractivity contribution < 1.29 is 14.3 Å². The number of piperidine rings is 1. The average molecular weight is 634 g/mol. The number of nitrogens with zero attached hydrogens (tertiary/aromatic N) is 3. The first-order chi connectivity index (χ1) is 16.4. The average Bonchev–Trinajstić information content (AvgIpc) is 3.25. The summed E-state index contributed by atoms with van der Waals surface area (Å²) in [6.45, 7) is 1.32. The predicted octanol–water partition coefficient (Wildman–Crippen LogP) is 5.49. The third-order valence-corrected chi connectivity index (χ3v) is 7.74. The van der Waals surface area contributed by atoms with E-state index in [0.717, 1.165) is 23.9 Å². The molecule has 12 heteroatoms. The Labute approximate surface area is 223 Å². The van der Waals surface area contributed by atoms with E-state index in [1.807, 2.05) is 21.1 Å². The highest BCUT2D eigenvalue weighted by Gasteiger charge is 2.26. The van der Waals surface area contributed by atoms with E-state index < -0.39 is 5.97 Å². The van der Waals surface area contributed by atoms with Gasteiger partial charge in [-0.1, -0.05) is 23.2 Å². The summed E-state index contributed by atoms with van der Waals surface area (Å²) in [5, 5.41) is 8.44. The zero-order chi connectivity index (χ0) is 24.2. The quantitative estimate of drug-likeness (QED) is 0.263. The minimum absolute atomic E-state index is 0.0249. The van der Waals surface area contributed by atoms with Crippen LogP contribution in [-0.2, 0) is 9.53 Å². The van der Waals surface area contributed by atoms with Gasteiger partial charge in [-0.05, 0) is 37.1 Å². The highest BCUT2D eigenvalue weighted by atomic mass is 127. The number of methoxy groups -OCH3 is 1. The molecule has 0 spiro atoms. The van der Waals surface area contributed by atoms with Gasteiger partial charge in [-0.2, -0.15) is 0 Å². The molecule has 0 saturated carbocycles. The zero-order valence-electron chi connectivity index (χ0n) is 18.2. The minimum Gasteiger partial charge on any atom is -0.465 e. The van der Waals surface area contributed by atoms with Crippen molar-refractivity contribution in [2.75, 3.05) is 37.4 Å². The molecule has 0 unspecified atom stereocenters. The molecule has 180 valence electrons. The van der Waals surface area contributed by atoms with Crippen LogP contribution in [0.5, 0.6) is 0 Å². The van der Waals surface area contributed by atoms with E-state index in [9.17, 15) is 9.59 Å². The lowest BCUT2D eigenvalue weighted by Gasteiger charge is -2.34. The maximum atomic E-state index is 12.9. The first kappa shape index (κ1) is 25.2. The van der Waals surface area contributed by atoms with Crippen LogP contribution >= 0.6 is 53.5 Å². The van der Waals surface area contributed by atoms with Gasteiger partial charge in [0.25, 0.3) is 0 Å². The molecular formula is C22H22Cl2IN5O3S. The lowest BCUT2D eigenvalue weighted by Crippen LogP contribution is -2.47. The summed E-state index contributed by atoms with van der Waals surface area (Å²) in [6.07, 6.45) is 5.16. The Morgan fingerprint density at radius 1 is 1.29 bits per heavy atom. The highest BCUT2D eigenvalue weighted by Crippen LogP contribution is 2.32. The number of amides is 1. The van der Waals surface area contributed by atoms with Crippen molar-refractivity contribution in [3.05, 3.63) is 52.3 Å². The predicted molar refractivity (Wildman–Crippen MR) is 146 cm³/mol. The number of ether oxygens (including phenoxy) is 1. The van der Waals surface area contributed by atoms with Gasteiger partial charge >= 0.3 is 5.97 Å². The molecule has 2 aromatic heterocycles. The molecule has 1 aliphatic rings. The summed E-state index contributed by atoms with van der Waals surface area (Å²) in [5.74, 6) is -0.483. The number of likely N-dealkylation sites (tertiary alicyclic amines) is 1. The van der Waals surface area contributed by atoms with E-state index in [1.165, 1.54) is 22.4 Å². The molecule has 1 amide bonds. The number of rotatable bonds is 7. The highest BCUT2D eigenvalue weighted by molar-refractivity contribution is 14.2. The van der Waals surface area contributed by atoms with Crippen LogP contribution in [0.1, 0.15) is 23.2 Å². The molecular weight excluding hydrogens is 612 g/mol. The van der Waals surface area contributed by atoms with Crippen molar-refractivity contribution in [1.29, 1.82) is 0 Å². The summed E-state index contributed by atoms with van der Waals surface area (Å²) in [5.41, 5.74) is 2.49. The Morgan fingerprint density at radius 2 is 2.06 bits per heavy atom. The molecule has 4 rings (SSSR count). The molecule has 3 heterocycles. The molecule has 1 atom stereocenters. The van der Waals surface area contributed by atoms with Crippen LogP contribution in [0.25, 0.3) is 11.0 Å². The van der Waals surface area contributed by atoms with Crippen LogP contribution in [-0.4, -0.2) is 58.5 Å². The number of aromatic nitrogens is 2. The molecule has 0 bridgehead atoms. The SMILES string of the molecule is COC(=O)c1cnc2c(ccn2SI)c1N[C@@H]1CCCN(C(=O)CNc2cc(Cl)cc(Cl)c2)C1. The van der Waals surface area contributed by atoms with Crippen LogP contribution in [0.3, 0.4) is 0 Å². The standard InChI is InChI=1S/C22H22Cl2IN5O3S/c1-33-22(32)18-10-27-21-17(4-6-30(21)34-25)20(18)28-15-3-2-5-29(12-15)19(31)11-26-16-8-13(23)7-14(24)9-16/h4,6-10,15,26H,2-3,5,11-12H2,1H3,(H,27,28)/t15-/m1/s1. The zero-order valence-corrected chi connectivity index (χ0v) is 22.7. The molecule has 34 heavy (non-hydrogen) atoms. The minimum atomic E-state index is -0.458. The van der Waals surface area contributed by atoms with E-state index in [0.29, 0.717) is 40.1 Å². The third kappa shape index (κ3) is 5.67. The van der Waals surface area contributed by atoms with Crippen LogP contribution in [0.2, 0.25) is 10.0 Å². The van der Waals surface area contributed by atoms with Crippen LogP contribution in [0.4, 0.5) is 11.4 Å². The van der Waals surface area contributed by atoms with Crippen LogP contribution in [0, 0.1) is 0 Å². The molecule has 8 nitrogen and oxygen atoms in total. The number of halogens is 3. The van der Waals surface area contributed by atoms with Crippen molar-refractivity contribution in [3.8, 4) is 0 Å². The van der Waals surface area contributed by atoms with Gasteiger partial charge in [0.05, 0.1) is 19.3 Å². The fourth-order valence-electron chi connectivity index (χ4n) is 4.01. The third-order valence-electron chi connectivity index (χ3n) is 5.59. The number of anilines is 2. The molecule has 1 fully saturated rings. The molecule has 1 aromatic carbocycles. The van der Waals surface area contributed by atoms with Crippen molar-refractivity contribution in [3.63, 3.8) is 0 Å². The molecule has 0 radical (unpaired) electrons. The van der Waals surface area contributed by atoms with E-state index in [-0.39, 0.29) is 18.5 Å². The van der Waals surface area contributed by atoms with Gasteiger partial charge in [0, 0.05) is 83.0 Å². The van der Waals surface area contributed by atoms with Crippen molar-refractivity contribution in [2.45, 2.75) is 18.9 Å². The Balaban J connectivity index is 1.48. The first-order valence-corrected chi connectivity index (χ1v) is 14.6. The van der Waals surface area contributed by atoms with E-state index >= 15 is 0 Å². The number of benzene rings is 1. The Kier molecular flexibility index (Phi) is 8.33. The smallest absolute Gasteiger partial charge is 0.341 e. The second-order valence-electron chi connectivity index (χ2n) is 7.82. The normalized spacial score (nSPS) is 15.9. The summed E-state index contributed by atoms with van der Waals surface area (Å²) >= 11 is 14.3. The Bertz CT molecular complexity index is 1200. The van der Waals surface area contributed by atoms with Crippen molar-refractivity contribution in [1.82, 2.24) is 13.9 Å². The fourth-order valence-corrected chi connectivity index (χ4v) is 5.81. The van der Waals surface area contributed by atoms with E-state index in [2.05, 4.69) is 36.8 Å². The monoisotopic (exact) mass is 633 g/mol. The molecule has 1 saturated heterocycles. The van der Waals surface area contributed by atoms with Gasteiger partial charge in [0.1, 0.15) is 5.56 Å². The van der Waals surface area contributed by atoms with Crippen molar-refractivity contribution >= 4 is 87.8 Å². The Morgan fingerprint density at radius 3 is 2.76 bits per heavy atom. The van der Waals surface area contributed by atoms with Crippen LogP contribution in [0.15, 0.2) is 36.7 Å². The van der Waals surface area contributed by atoms with Gasteiger partial charge in [-0.25, -0.2) is 9.78 Å². The van der Waals surface area contributed by atoms with Gasteiger partial charge in [-0.3, -0.25) is 8.77 Å². The lowest BCUT2D eigenvalue weighted by molar-refractivity contribution is -0.130. The number of carbonyl (C=O) groups is 2. The van der Waals surface area contributed by atoms with Gasteiger partial charge in [0.15, 0.2) is 5.65 Å². The van der Waals surface area contributed by atoms with E-state index in [4.69, 9.17) is 27.9 Å². The molecule has 0 aliphatic carbocycles. The number of hydrogen-bond acceptors (Lipinski definition) is 7. The number of carbonyl (C=O) groups excluding carboxylic acids is 2. The topological polar surface area (TPSA) is 88.5 Å².